The van der Waals surface area contributed by atoms with E-state index in [2.05, 4.69) is 30.7 Å². The van der Waals surface area contributed by atoms with E-state index >= 15 is 0 Å². The third-order valence-corrected chi connectivity index (χ3v) is 6.77. The number of hydrogen-bond donors (Lipinski definition) is 2. The van der Waals surface area contributed by atoms with Gasteiger partial charge in [0.25, 0.3) is 0 Å². The molecule has 0 saturated heterocycles. The second kappa shape index (κ2) is 12.8. The van der Waals surface area contributed by atoms with Crippen molar-refractivity contribution >= 4 is 12.1 Å². The number of pyridine rings is 1. The standard InChI is InChI=1S/C31H45N3O6/c1-9-38-28(35)22-19-34-24(18-23(22)32)21-17-25(37-8)26(15-20(21)16-27(34)30(2,3)4)39-14-12-10-11-13-33-29(36)40-31(5,6)7/h15,17-19,27,32H,9-14,16H2,1-8H3,(H,33,36). The van der Waals surface area contributed by atoms with E-state index in [0.29, 0.717) is 24.7 Å². The molecule has 2 aromatic rings. The lowest BCUT2D eigenvalue weighted by molar-refractivity contribution is 0.0514. The molecule has 9 nitrogen and oxygen atoms in total. The molecular weight excluding hydrogens is 510 g/mol. The summed E-state index contributed by atoms with van der Waals surface area (Å²) in [5.74, 6) is 0.818. The third kappa shape index (κ3) is 7.79. The van der Waals surface area contributed by atoms with Gasteiger partial charge in [-0.25, -0.2) is 9.59 Å². The van der Waals surface area contributed by atoms with Crippen LogP contribution in [0, 0.1) is 10.8 Å². The van der Waals surface area contributed by atoms with E-state index in [1.54, 1.807) is 26.3 Å². The topological polar surface area (TPSA) is 112 Å². The maximum Gasteiger partial charge on any atom is 0.407 e. The van der Waals surface area contributed by atoms with Crippen LogP contribution in [0.2, 0.25) is 0 Å². The van der Waals surface area contributed by atoms with E-state index in [0.717, 1.165) is 42.5 Å². The van der Waals surface area contributed by atoms with Gasteiger partial charge in [-0.3, -0.25) is 5.41 Å². The van der Waals surface area contributed by atoms with Crippen LogP contribution in [0.1, 0.15) is 89.7 Å². The summed E-state index contributed by atoms with van der Waals surface area (Å²) in [7, 11) is 1.62. The fourth-order valence-electron chi connectivity index (χ4n) is 4.82. The lowest BCUT2D eigenvalue weighted by Crippen LogP contribution is -2.33. The number of amides is 1. The minimum atomic E-state index is -0.505. The maximum absolute atomic E-state index is 12.5. The predicted octanol–water partition coefficient (Wildman–Crippen LogP) is 6.04. The highest BCUT2D eigenvalue weighted by Gasteiger charge is 2.34. The molecule has 1 aliphatic rings. The molecule has 0 fully saturated rings. The van der Waals surface area contributed by atoms with Crippen molar-refractivity contribution in [3.05, 3.63) is 40.9 Å². The second-order valence-electron chi connectivity index (χ2n) is 12.2. The number of unbranched alkanes of at least 4 members (excludes halogenated alkanes) is 2. The molecule has 1 unspecified atom stereocenters. The summed E-state index contributed by atoms with van der Waals surface area (Å²) in [6, 6.07) is 5.81. The van der Waals surface area contributed by atoms with Gasteiger partial charge in [-0.1, -0.05) is 20.8 Å². The Labute approximate surface area is 237 Å². The fraction of sp³-hybridized carbons (Fsp3) is 0.581. The number of carbonyl (C=O) groups is 2. The van der Waals surface area contributed by atoms with Gasteiger partial charge in [0.1, 0.15) is 11.2 Å². The van der Waals surface area contributed by atoms with Gasteiger partial charge in [-0.15, -0.1) is 0 Å². The minimum Gasteiger partial charge on any atom is -0.493 e. The molecule has 40 heavy (non-hydrogen) atoms. The summed E-state index contributed by atoms with van der Waals surface area (Å²) in [6.45, 7) is 15.2. The summed E-state index contributed by atoms with van der Waals surface area (Å²) < 4.78 is 24.4. The van der Waals surface area contributed by atoms with Crippen LogP contribution in [0.25, 0.3) is 11.3 Å². The Morgan fingerprint density at radius 2 is 1.77 bits per heavy atom. The number of benzene rings is 1. The average Bonchev–Trinajstić information content (AvgIpc) is 2.85. The van der Waals surface area contributed by atoms with Gasteiger partial charge >= 0.3 is 12.1 Å². The molecule has 2 N–H and O–H groups in total. The zero-order chi connectivity index (χ0) is 29.7. The van der Waals surface area contributed by atoms with Crippen molar-refractivity contribution in [3.63, 3.8) is 0 Å². The van der Waals surface area contributed by atoms with Crippen LogP contribution in [0.5, 0.6) is 11.5 Å². The molecular formula is C31H45N3O6. The average molecular weight is 556 g/mol. The summed E-state index contributed by atoms with van der Waals surface area (Å²) >= 11 is 0. The van der Waals surface area contributed by atoms with Crippen molar-refractivity contribution < 1.29 is 28.5 Å². The predicted molar refractivity (Wildman–Crippen MR) is 154 cm³/mol. The highest BCUT2D eigenvalue weighted by atomic mass is 16.6. The molecule has 0 aliphatic carbocycles. The lowest BCUT2D eigenvalue weighted by Gasteiger charge is -2.39. The van der Waals surface area contributed by atoms with Crippen LogP contribution < -0.4 is 20.1 Å². The van der Waals surface area contributed by atoms with Crippen molar-refractivity contribution in [2.24, 2.45) is 5.41 Å². The Morgan fingerprint density at radius 1 is 1.05 bits per heavy atom. The zero-order valence-electron chi connectivity index (χ0n) is 25.2. The largest absolute Gasteiger partial charge is 0.493 e. The zero-order valence-corrected chi connectivity index (χ0v) is 25.2. The number of alkyl carbamates (subject to hydrolysis) is 1. The quantitative estimate of drug-likeness (QED) is 0.273. The second-order valence-corrected chi connectivity index (χ2v) is 12.2. The van der Waals surface area contributed by atoms with E-state index in [9.17, 15) is 9.59 Å². The van der Waals surface area contributed by atoms with Crippen molar-refractivity contribution in [1.29, 1.82) is 5.41 Å². The monoisotopic (exact) mass is 555 g/mol. The van der Waals surface area contributed by atoms with E-state index in [1.807, 2.05) is 32.9 Å². The molecule has 0 spiro atoms. The Hall–Kier alpha value is -3.49. The SMILES string of the molecule is CCOC(=O)c1cn2c(cc1=N)-c1cc(OC)c(OCCCCCNC(=O)OC(C)(C)C)cc1CC2C(C)(C)C. The Balaban J connectivity index is 1.75. The lowest BCUT2D eigenvalue weighted by atomic mass is 9.78. The van der Waals surface area contributed by atoms with Crippen LogP contribution >= 0.6 is 0 Å². The normalized spacial score (nSPS) is 14.6. The molecule has 0 saturated carbocycles. The Bertz CT molecular complexity index is 1270. The Kier molecular flexibility index (Phi) is 9.92. The molecule has 0 bridgehead atoms. The first kappa shape index (κ1) is 31.0. The highest BCUT2D eigenvalue weighted by molar-refractivity contribution is 5.89. The number of rotatable bonds is 10. The van der Waals surface area contributed by atoms with Crippen LogP contribution in [-0.2, 0) is 15.9 Å². The minimum absolute atomic E-state index is 0.0579. The number of esters is 1. The highest BCUT2D eigenvalue weighted by Crippen LogP contribution is 2.45. The molecule has 1 amide bonds. The summed E-state index contributed by atoms with van der Waals surface area (Å²) in [4.78, 5) is 24.3. The maximum atomic E-state index is 12.5. The van der Waals surface area contributed by atoms with Crippen LogP contribution in [-0.4, -0.2) is 49.1 Å². The van der Waals surface area contributed by atoms with Gasteiger partial charge in [0, 0.05) is 24.3 Å². The van der Waals surface area contributed by atoms with Gasteiger partial charge in [0.05, 0.1) is 31.4 Å². The van der Waals surface area contributed by atoms with Gasteiger partial charge in [-0.05, 0) is 82.6 Å². The number of hydrogen-bond acceptors (Lipinski definition) is 7. The Morgan fingerprint density at radius 3 is 2.40 bits per heavy atom. The van der Waals surface area contributed by atoms with E-state index < -0.39 is 17.7 Å². The summed E-state index contributed by atoms with van der Waals surface area (Å²) in [5, 5.41) is 11.5. The number of ether oxygens (including phenoxy) is 4. The van der Waals surface area contributed by atoms with Crippen molar-refractivity contribution in [1.82, 2.24) is 9.88 Å². The molecule has 1 atom stereocenters. The smallest absolute Gasteiger partial charge is 0.407 e. The van der Waals surface area contributed by atoms with Gasteiger partial charge < -0.3 is 28.8 Å². The van der Waals surface area contributed by atoms with Crippen LogP contribution in [0.15, 0.2) is 24.4 Å². The molecule has 2 heterocycles. The number of carbonyl (C=O) groups excluding carboxylic acids is 2. The van der Waals surface area contributed by atoms with Crippen LogP contribution in [0.4, 0.5) is 4.79 Å². The molecule has 0 radical (unpaired) electrons. The molecule has 3 rings (SSSR count). The summed E-state index contributed by atoms with van der Waals surface area (Å²) in [6.07, 6.45) is 4.67. The van der Waals surface area contributed by atoms with Gasteiger partial charge in [-0.2, -0.15) is 0 Å². The first-order valence-corrected chi connectivity index (χ1v) is 14.0. The molecule has 1 aromatic heterocycles. The molecule has 9 heteroatoms. The molecule has 220 valence electrons. The van der Waals surface area contributed by atoms with Gasteiger partial charge in [0.15, 0.2) is 11.5 Å². The van der Waals surface area contributed by atoms with E-state index in [1.165, 1.54) is 0 Å². The van der Waals surface area contributed by atoms with Crippen LogP contribution in [0.3, 0.4) is 0 Å². The van der Waals surface area contributed by atoms with Crippen molar-refractivity contribution in [2.45, 2.75) is 85.8 Å². The van der Waals surface area contributed by atoms with E-state index in [-0.39, 0.29) is 29.0 Å². The number of fused-ring (bicyclic) bond motifs is 3. The van der Waals surface area contributed by atoms with E-state index in [4.69, 9.17) is 24.4 Å². The number of aromatic nitrogens is 1. The fourth-order valence-corrected chi connectivity index (χ4v) is 4.82. The third-order valence-electron chi connectivity index (χ3n) is 6.77. The molecule has 1 aliphatic heterocycles. The first-order chi connectivity index (χ1) is 18.7. The van der Waals surface area contributed by atoms with Crippen molar-refractivity contribution in [2.75, 3.05) is 26.9 Å². The number of nitrogens with zero attached hydrogens (tertiary/aromatic N) is 1. The van der Waals surface area contributed by atoms with Crippen molar-refractivity contribution in [3.8, 4) is 22.8 Å². The van der Waals surface area contributed by atoms with Gasteiger partial charge in [0.2, 0.25) is 0 Å². The first-order valence-electron chi connectivity index (χ1n) is 14.0. The molecule has 1 aromatic carbocycles. The summed E-state index contributed by atoms with van der Waals surface area (Å²) in [5.41, 5.74) is 2.58. The number of nitrogens with one attached hydrogen (secondary N) is 2. The number of methoxy groups -OCH3 is 1.